The van der Waals surface area contributed by atoms with Gasteiger partial charge in [-0.25, -0.2) is 14.5 Å². The van der Waals surface area contributed by atoms with Gasteiger partial charge in [0, 0.05) is 5.56 Å². The minimum atomic E-state index is -0.440. The normalized spacial score (nSPS) is 11.2. The Hall–Kier alpha value is -4.58. The summed E-state index contributed by atoms with van der Waals surface area (Å²) in [5.41, 5.74) is 6.02. The fourth-order valence-electron chi connectivity index (χ4n) is 3.67. The Bertz CT molecular complexity index is 1450. The van der Waals surface area contributed by atoms with Gasteiger partial charge in [-0.3, -0.25) is 4.79 Å². The molecule has 0 bridgehead atoms. The fourth-order valence-corrected chi connectivity index (χ4v) is 3.67. The second-order valence-corrected chi connectivity index (χ2v) is 7.44. The van der Waals surface area contributed by atoms with E-state index < -0.39 is 5.91 Å². The first-order chi connectivity index (χ1) is 16.2. The van der Waals surface area contributed by atoms with Crippen LogP contribution in [0, 0.1) is 5.82 Å². The number of para-hydroxylation sites is 1. The highest BCUT2D eigenvalue weighted by Crippen LogP contribution is 2.31. The van der Waals surface area contributed by atoms with Crippen LogP contribution in [0.3, 0.4) is 0 Å². The van der Waals surface area contributed by atoms with Crippen LogP contribution in [0.2, 0.25) is 0 Å². The molecule has 0 spiro atoms. The number of fused-ring (bicyclic) bond motifs is 1. The van der Waals surface area contributed by atoms with E-state index in [1.165, 1.54) is 18.3 Å². The molecule has 160 valence electrons. The quantitative estimate of drug-likeness (QED) is 0.289. The summed E-state index contributed by atoms with van der Waals surface area (Å²) in [6.07, 6.45) is 1.46. The maximum Gasteiger partial charge on any atom is 0.291 e. The number of amides is 1. The molecular formula is C27H19FN4O. The molecule has 1 amide bonds. The van der Waals surface area contributed by atoms with E-state index in [0.29, 0.717) is 5.56 Å². The molecule has 1 aromatic heterocycles. The molecule has 0 aliphatic carbocycles. The first-order valence-corrected chi connectivity index (χ1v) is 10.4. The molecule has 0 aliphatic rings. The first-order valence-electron chi connectivity index (χ1n) is 10.4. The van der Waals surface area contributed by atoms with Gasteiger partial charge in [-0.05, 0) is 46.7 Å². The molecule has 0 unspecified atom stereocenters. The van der Waals surface area contributed by atoms with E-state index in [4.69, 9.17) is 0 Å². The van der Waals surface area contributed by atoms with Crippen LogP contribution in [0.1, 0.15) is 16.1 Å². The number of rotatable bonds is 5. The fraction of sp³-hybridized carbons (Fsp3) is 0. The highest BCUT2D eigenvalue weighted by atomic mass is 19.1. The minimum Gasteiger partial charge on any atom is -0.265 e. The van der Waals surface area contributed by atoms with Crippen molar-refractivity contribution in [2.24, 2.45) is 5.10 Å². The van der Waals surface area contributed by atoms with E-state index in [9.17, 15) is 9.18 Å². The highest BCUT2D eigenvalue weighted by molar-refractivity contribution is 5.99. The standard InChI is InChI=1S/C27H19FN4O/c28-21-15-13-19(14-16-21)18-29-30-27(33)25-17-26(32(31-25)22-9-2-1-3-10-22)24-12-6-8-20-7-4-5-11-23(20)24/h1-18H,(H,30,33)/b29-18-. The molecule has 6 heteroatoms. The summed E-state index contributed by atoms with van der Waals surface area (Å²) in [6.45, 7) is 0. The van der Waals surface area contributed by atoms with E-state index in [2.05, 4.69) is 33.8 Å². The zero-order chi connectivity index (χ0) is 22.6. The van der Waals surface area contributed by atoms with Crippen molar-refractivity contribution in [1.82, 2.24) is 15.2 Å². The molecule has 1 N–H and O–H groups in total. The molecule has 0 atom stereocenters. The van der Waals surface area contributed by atoms with Gasteiger partial charge in [-0.15, -0.1) is 0 Å². The average Bonchev–Trinajstić information content (AvgIpc) is 3.31. The van der Waals surface area contributed by atoms with Crippen LogP contribution < -0.4 is 5.43 Å². The van der Waals surface area contributed by atoms with E-state index >= 15 is 0 Å². The third-order valence-corrected chi connectivity index (χ3v) is 5.26. The molecule has 4 aromatic carbocycles. The Balaban J connectivity index is 1.52. The second-order valence-electron chi connectivity index (χ2n) is 7.44. The minimum absolute atomic E-state index is 0.234. The van der Waals surface area contributed by atoms with Crippen LogP contribution in [-0.4, -0.2) is 21.9 Å². The monoisotopic (exact) mass is 434 g/mol. The SMILES string of the molecule is O=C(N/N=C\c1ccc(F)cc1)c1cc(-c2cccc3ccccc23)n(-c2ccccc2)n1. The van der Waals surface area contributed by atoms with Gasteiger partial charge < -0.3 is 0 Å². The zero-order valence-corrected chi connectivity index (χ0v) is 17.5. The Morgan fingerprint density at radius 3 is 2.42 bits per heavy atom. The number of aromatic nitrogens is 2. The molecule has 0 saturated carbocycles. The highest BCUT2D eigenvalue weighted by Gasteiger charge is 2.18. The van der Waals surface area contributed by atoms with Crippen molar-refractivity contribution in [3.8, 4) is 16.9 Å². The maximum atomic E-state index is 13.1. The van der Waals surface area contributed by atoms with Crippen LogP contribution >= 0.6 is 0 Å². The van der Waals surface area contributed by atoms with E-state index in [1.807, 2.05) is 54.6 Å². The van der Waals surface area contributed by atoms with Crippen molar-refractivity contribution >= 4 is 22.9 Å². The maximum absolute atomic E-state index is 13.1. The van der Waals surface area contributed by atoms with Crippen LogP contribution in [0.15, 0.2) is 108 Å². The molecular weight excluding hydrogens is 415 g/mol. The van der Waals surface area contributed by atoms with E-state index in [0.717, 1.165) is 27.7 Å². The third kappa shape index (κ3) is 4.27. The lowest BCUT2D eigenvalue weighted by Crippen LogP contribution is -2.18. The summed E-state index contributed by atoms with van der Waals surface area (Å²) >= 11 is 0. The molecule has 0 fully saturated rings. The number of carbonyl (C=O) groups is 1. The average molecular weight is 434 g/mol. The molecule has 5 aromatic rings. The first kappa shape index (κ1) is 20.3. The summed E-state index contributed by atoms with van der Waals surface area (Å²) in [4.78, 5) is 12.8. The number of hydrogen-bond acceptors (Lipinski definition) is 3. The number of benzene rings is 4. The van der Waals surface area contributed by atoms with E-state index in [-0.39, 0.29) is 11.5 Å². The predicted molar refractivity (Wildman–Crippen MR) is 128 cm³/mol. The van der Waals surface area contributed by atoms with Crippen LogP contribution in [0.5, 0.6) is 0 Å². The van der Waals surface area contributed by atoms with Crippen molar-refractivity contribution in [3.05, 3.63) is 120 Å². The van der Waals surface area contributed by atoms with Gasteiger partial charge in [-0.2, -0.15) is 10.2 Å². The van der Waals surface area contributed by atoms with Gasteiger partial charge >= 0.3 is 0 Å². The second kappa shape index (κ2) is 8.88. The molecule has 33 heavy (non-hydrogen) atoms. The van der Waals surface area contributed by atoms with Crippen molar-refractivity contribution in [2.75, 3.05) is 0 Å². The number of nitrogens with one attached hydrogen (secondary N) is 1. The summed E-state index contributed by atoms with van der Waals surface area (Å²) in [5.74, 6) is -0.770. The number of carbonyl (C=O) groups excluding carboxylic acids is 1. The summed E-state index contributed by atoms with van der Waals surface area (Å²) in [5, 5.41) is 10.7. The summed E-state index contributed by atoms with van der Waals surface area (Å²) in [6, 6.07) is 31.4. The smallest absolute Gasteiger partial charge is 0.265 e. The topological polar surface area (TPSA) is 59.3 Å². The lowest BCUT2D eigenvalue weighted by molar-refractivity contribution is 0.0949. The molecule has 0 aliphatic heterocycles. The van der Waals surface area contributed by atoms with Crippen LogP contribution in [0.4, 0.5) is 4.39 Å². The van der Waals surface area contributed by atoms with Gasteiger partial charge in [0.25, 0.3) is 5.91 Å². The van der Waals surface area contributed by atoms with Crippen molar-refractivity contribution in [1.29, 1.82) is 0 Å². The summed E-state index contributed by atoms with van der Waals surface area (Å²) in [7, 11) is 0. The molecule has 0 saturated heterocycles. The Morgan fingerprint density at radius 2 is 1.61 bits per heavy atom. The van der Waals surface area contributed by atoms with Crippen molar-refractivity contribution in [3.63, 3.8) is 0 Å². The number of nitrogens with zero attached hydrogens (tertiary/aromatic N) is 3. The molecule has 0 radical (unpaired) electrons. The number of halogens is 1. The van der Waals surface area contributed by atoms with Gasteiger partial charge in [-0.1, -0.05) is 72.8 Å². The van der Waals surface area contributed by atoms with Crippen molar-refractivity contribution < 1.29 is 9.18 Å². The Labute approximate surface area is 189 Å². The van der Waals surface area contributed by atoms with Gasteiger partial charge in [0.2, 0.25) is 0 Å². The van der Waals surface area contributed by atoms with Crippen LogP contribution in [0.25, 0.3) is 27.7 Å². The Morgan fingerprint density at radius 1 is 0.879 bits per heavy atom. The molecule has 5 nitrogen and oxygen atoms in total. The zero-order valence-electron chi connectivity index (χ0n) is 17.5. The summed E-state index contributed by atoms with van der Waals surface area (Å²) < 4.78 is 14.8. The lowest BCUT2D eigenvalue weighted by Gasteiger charge is -2.10. The van der Waals surface area contributed by atoms with Gasteiger partial charge in [0.1, 0.15) is 5.82 Å². The molecule has 5 rings (SSSR count). The van der Waals surface area contributed by atoms with Gasteiger partial charge in [0.15, 0.2) is 5.69 Å². The van der Waals surface area contributed by atoms with Gasteiger partial charge in [0.05, 0.1) is 17.6 Å². The lowest BCUT2D eigenvalue weighted by atomic mass is 10.0. The van der Waals surface area contributed by atoms with Crippen LogP contribution in [-0.2, 0) is 0 Å². The number of hydrogen-bond donors (Lipinski definition) is 1. The molecule has 1 heterocycles. The van der Waals surface area contributed by atoms with E-state index in [1.54, 1.807) is 22.9 Å². The largest absolute Gasteiger partial charge is 0.291 e. The number of hydrazone groups is 1. The van der Waals surface area contributed by atoms with Crippen molar-refractivity contribution in [2.45, 2.75) is 0 Å². The third-order valence-electron chi connectivity index (χ3n) is 5.26. The Kier molecular flexibility index (Phi) is 5.47. The predicted octanol–water partition coefficient (Wildman–Crippen LogP) is 5.60.